The van der Waals surface area contributed by atoms with Crippen molar-refractivity contribution in [1.29, 1.82) is 0 Å². The lowest BCUT2D eigenvalue weighted by molar-refractivity contribution is 0.236. The van der Waals surface area contributed by atoms with E-state index in [0.29, 0.717) is 0 Å². The molecule has 0 aromatic carbocycles. The lowest BCUT2D eigenvalue weighted by atomic mass is 9.80. The fraction of sp³-hybridized carbons (Fsp3) is 1.00. The zero-order valence-electron chi connectivity index (χ0n) is 13.2. The highest BCUT2D eigenvalue weighted by atomic mass is 14.5. The van der Waals surface area contributed by atoms with Gasteiger partial charge in [-0.1, -0.05) is 54.9 Å². The summed E-state index contributed by atoms with van der Waals surface area (Å²) < 4.78 is 0. The molecule has 5 unspecified atom stereocenters. The molecule has 0 spiro atoms. The van der Waals surface area contributed by atoms with Gasteiger partial charge in [0, 0.05) is 0 Å². The van der Waals surface area contributed by atoms with E-state index in [4.69, 9.17) is 0 Å². The van der Waals surface area contributed by atoms with Crippen molar-refractivity contribution >= 4 is 0 Å². The number of hydrogen-bond donors (Lipinski definition) is 0. The highest BCUT2D eigenvalue weighted by molar-refractivity contribution is 4.95. The summed E-state index contributed by atoms with van der Waals surface area (Å²) in [4.78, 5) is 0. The van der Waals surface area contributed by atoms with Gasteiger partial charge in [-0.15, -0.1) is 0 Å². The van der Waals surface area contributed by atoms with Crippen LogP contribution in [0.5, 0.6) is 0 Å². The van der Waals surface area contributed by atoms with Crippen molar-refractivity contribution in [3.05, 3.63) is 0 Å². The molecule has 0 bridgehead atoms. The van der Waals surface area contributed by atoms with Gasteiger partial charge in [0.25, 0.3) is 0 Å². The molecule has 0 nitrogen and oxygen atoms in total. The Bertz CT molecular complexity index is 216. The largest absolute Gasteiger partial charge is 0.0651 e. The van der Waals surface area contributed by atoms with Crippen molar-refractivity contribution in [2.45, 2.75) is 67.7 Å². The summed E-state index contributed by atoms with van der Waals surface area (Å²) in [5.41, 5.74) is 0. The molecular formula is C17H34. The topological polar surface area (TPSA) is 0 Å². The lowest BCUT2D eigenvalue weighted by Crippen LogP contribution is -2.18. The molecule has 1 fully saturated rings. The Labute approximate surface area is 110 Å². The second-order valence-corrected chi connectivity index (χ2v) is 7.32. The molecule has 0 aromatic heterocycles. The Balaban J connectivity index is 2.46. The van der Waals surface area contributed by atoms with E-state index < -0.39 is 0 Å². The van der Waals surface area contributed by atoms with Gasteiger partial charge in [-0.05, 0) is 54.3 Å². The normalized spacial score (nSPS) is 29.5. The first-order valence-corrected chi connectivity index (χ1v) is 7.88. The van der Waals surface area contributed by atoms with Gasteiger partial charge in [0.05, 0.1) is 0 Å². The van der Waals surface area contributed by atoms with Gasteiger partial charge in [0.15, 0.2) is 0 Å². The lowest BCUT2D eigenvalue weighted by Gasteiger charge is -2.26. The van der Waals surface area contributed by atoms with Crippen LogP contribution in [0.4, 0.5) is 0 Å². The van der Waals surface area contributed by atoms with Crippen molar-refractivity contribution in [2.75, 3.05) is 0 Å². The second-order valence-electron chi connectivity index (χ2n) is 7.32. The molecule has 1 aliphatic carbocycles. The zero-order valence-corrected chi connectivity index (χ0v) is 13.2. The van der Waals surface area contributed by atoms with E-state index in [2.05, 4.69) is 48.5 Å². The molecule has 0 aliphatic heterocycles. The van der Waals surface area contributed by atoms with Gasteiger partial charge in [-0.25, -0.2) is 0 Å². The maximum atomic E-state index is 2.52. The van der Waals surface area contributed by atoms with Crippen LogP contribution in [0.25, 0.3) is 0 Å². The van der Waals surface area contributed by atoms with Crippen LogP contribution in [0.1, 0.15) is 67.7 Å². The van der Waals surface area contributed by atoms with E-state index in [1.165, 1.54) is 19.3 Å². The Morgan fingerprint density at radius 1 is 0.882 bits per heavy atom. The Morgan fingerprint density at radius 3 is 1.82 bits per heavy atom. The smallest absolute Gasteiger partial charge is 0.0352 e. The molecular weight excluding hydrogens is 204 g/mol. The second kappa shape index (κ2) is 6.25. The molecule has 0 N–H and O–H groups in total. The van der Waals surface area contributed by atoms with Gasteiger partial charge in [-0.3, -0.25) is 0 Å². The van der Waals surface area contributed by atoms with Gasteiger partial charge >= 0.3 is 0 Å². The van der Waals surface area contributed by atoms with Crippen molar-refractivity contribution < 1.29 is 0 Å². The molecule has 1 rings (SSSR count). The van der Waals surface area contributed by atoms with Crippen LogP contribution in [0.15, 0.2) is 0 Å². The minimum Gasteiger partial charge on any atom is -0.0651 e. The Kier molecular flexibility index (Phi) is 5.54. The summed E-state index contributed by atoms with van der Waals surface area (Å²) in [5, 5.41) is 0. The standard InChI is InChI=1S/C17H34/c1-8-15(9-11(2)3)14(7)17-10-16(17)13(6)12(4)5/h11-17H,8-10H2,1-7H3. The Morgan fingerprint density at radius 2 is 1.41 bits per heavy atom. The fourth-order valence-electron chi connectivity index (χ4n) is 3.65. The van der Waals surface area contributed by atoms with Crippen molar-refractivity contribution in [3.63, 3.8) is 0 Å². The summed E-state index contributed by atoms with van der Waals surface area (Å²) in [6.07, 6.45) is 4.31. The molecule has 0 amide bonds. The van der Waals surface area contributed by atoms with E-state index in [-0.39, 0.29) is 0 Å². The zero-order chi connectivity index (χ0) is 13.2. The van der Waals surface area contributed by atoms with Crippen LogP contribution >= 0.6 is 0 Å². The van der Waals surface area contributed by atoms with Gasteiger partial charge in [-0.2, -0.15) is 0 Å². The third-order valence-corrected chi connectivity index (χ3v) is 5.34. The summed E-state index contributed by atoms with van der Waals surface area (Å²) >= 11 is 0. The van der Waals surface area contributed by atoms with E-state index in [0.717, 1.165) is 41.4 Å². The van der Waals surface area contributed by atoms with Crippen LogP contribution in [0.2, 0.25) is 0 Å². The third-order valence-electron chi connectivity index (χ3n) is 5.34. The minimum atomic E-state index is 0.863. The summed E-state index contributed by atoms with van der Waals surface area (Å²) in [7, 11) is 0. The summed E-state index contributed by atoms with van der Waals surface area (Å²) in [6.45, 7) is 16.9. The number of rotatable bonds is 7. The average molecular weight is 238 g/mol. The van der Waals surface area contributed by atoms with Crippen LogP contribution in [0, 0.1) is 41.4 Å². The minimum absolute atomic E-state index is 0.863. The molecule has 102 valence electrons. The van der Waals surface area contributed by atoms with Crippen LogP contribution in [0.3, 0.4) is 0 Å². The first-order chi connectivity index (χ1) is 7.88. The van der Waals surface area contributed by atoms with Crippen molar-refractivity contribution in [1.82, 2.24) is 0 Å². The van der Waals surface area contributed by atoms with Crippen LogP contribution in [-0.4, -0.2) is 0 Å². The summed E-state index contributed by atoms with van der Waals surface area (Å²) in [5.74, 6) is 6.64. The highest BCUT2D eigenvalue weighted by Crippen LogP contribution is 2.53. The van der Waals surface area contributed by atoms with E-state index in [9.17, 15) is 0 Å². The molecule has 17 heavy (non-hydrogen) atoms. The maximum absolute atomic E-state index is 2.52. The van der Waals surface area contributed by atoms with E-state index in [1.54, 1.807) is 0 Å². The van der Waals surface area contributed by atoms with Gasteiger partial charge < -0.3 is 0 Å². The highest BCUT2D eigenvalue weighted by Gasteiger charge is 2.46. The van der Waals surface area contributed by atoms with Crippen molar-refractivity contribution in [3.8, 4) is 0 Å². The molecule has 5 atom stereocenters. The van der Waals surface area contributed by atoms with Crippen molar-refractivity contribution in [2.24, 2.45) is 41.4 Å². The maximum Gasteiger partial charge on any atom is -0.0352 e. The predicted molar refractivity (Wildman–Crippen MR) is 78.0 cm³/mol. The fourth-order valence-corrected chi connectivity index (χ4v) is 3.65. The molecule has 0 heteroatoms. The molecule has 0 radical (unpaired) electrons. The van der Waals surface area contributed by atoms with Crippen LogP contribution < -0.4 is 0 Å². The third kappa shape index (κ3) is 4.00. The van der Waals surface area contributed by atoms with E-state index in [1.807, 2.05) is 0 Å². The Hall–Kier alpha value is 0. The predicted octanol–water partition coefficient (Wildman–Crippen LogP) is 5.62. The SMILES string of the molecule is CCC(CC(C)C)C(C)C1CC1C(C)C(C)C. The molecule has 1 saturated carbocycles. The molecule has 0 aromatic rings. The average Bonchev–Trinajstić information content (AvgIpc) is 3.03. The van der Waals surface area contributed by atoms with Crippen LogP contribution in [-0.2, 0) is 0 Å². The van der Waals surface area contributed by atoms with E-state index >= 15 is 0 Å². The first-order valence-electron chi connectivity index (χ1n) is 7.88. The van der Waals surface area contributed by atoms with Gasteiger partial charge in [0.1, 0.15) is 0 Å². The monoisotopic (exact) mass is 238 g/mol. The molecule has 0 saturated heterocycles. The molecule has 1 aliphatic rings. The van der Waals surface area contributed by atoms with Gasteiger partial charge in [0.2, 0.25) is 0 Å². The quantitative estimate of drug-likeness (QED) is 0.540. The summed E-state index contributed by atoms with van der Waals surface area (Å²) in [6, 6.07) is 0. The number of hydrogen-bond acceptors (Lipinski definition) is 0. The first kappa shape index (κ1) is 15.1. The molecule has 0 heterocycles.